The normalized spacial score (nSPS) is 14.4. The zero-order chi connectivity index (χ0) is 15.3. The van der Waals surface area contributed by atoms with Gasteiger partial charge in [0.1, 0.15) is 0 Å². The lowest BCUT2D eigenvalue weighted by molar-refractivity contribution is 0.306. The maximum atomic E-state index is 5.93. The maximum absolute atomic E-state index is 5.93. The summed E-state index contributed by atoms with van der Waals surface area (Å²) >= 11 is 0. The average Bonchev–Trinajstić information content (AvgIpc) is 2.29. The summed E-state index contributed by atoms with van der Waals surface area (Å²) in [5, 5.41) is 3.18. The van der Waals surface area contributed by atoms with Crippen LogP contribution in [0.4, 0.5) is 0 Å². The van der Waals surface area contributed by atoms with E-state index in [0.717, 1.165) is 0 Å². The molecule has 1 unspecified atom stereocenters. The zero-order valence-corrected chi connectivity index (χ0v) is 13.6. The Balaban J connectivity index is 2.78. The largest absolute Gasteiger partial charge is 0.370 e. The molecule has 1 aromatic rings. The summed E-state index contributed by atoms with van der Waals surface area (Å²) in [5.74, 6) is 0.497. The van der Waals surface area contributed by atoms with Crippen LogP contribution in [0.25, 0.3) is 0 Å². The van der Waals surface area contributed by atoms with Gasteiger partial charge in [-0.15, -0.1) is 0 Å². The molecule has 1 aromatic carbocycles. The molecule has 20 heavy (non-hydrogen) atoms. The minimum absolute atomic E-state index is 0.0644. The Morgan fingerprint density at radius 2 is 1.80 bits per heavy atom. The zero-order valence-electron chi connectivity index (χ0n) is 13.6. The molecule has 0 saturated carbocycles. The van der Waals surface area contributed by atoms with Crippen LogP contribution in [0.3, 0.4) is 0 Å². The predicted octanol–water partition coefficient (Wildman–Crippen LogP) is 2.30. The second-order valence-electron chi connectivity index (χ2n) is 6.49. The van der Waals surface area contributed by atoms with Crippen molar-refractivity contribution in [3.05, 3.63) is 35.4 Å². The third kappa shape index (κ3) is 5.61. The minimum Gasteiger partial charge on any atom is -0.370 e. The van der Waals surface area contributed by atoms with E-state index in [1.54, 1.807) is 0 Å². The molecule has 0 radical (unpaired) electrons. The summed E-state index contributed by atoms with van der Waals surface area (Å²) < 4.78 is 0. The first-order chi connectivity index (χ1) is 9.19. The molecule has 0 aliphatic rings. The van der Waals surface area contributed by atoms with Gasteiger partial charge in [-0.3, -0.25) is 4.99 Å². The average molecular weight is 276 g/mol. The number of nitrogens with one attached hydrogen (secondary N) is 1. The number of nitrogens with zero attached hydrogens (tertiary/aromatic N) is 2. The third-order valence-electron chi connectivity index (χ3n) is 3.02. The van der Waals surface area contributed by atoms with Crippen molar-refractivity contribution in [1.29, 1.82) is 0 Å². The van der Waals surface area contributed by atoms with Crippen molar-refractivity contribution in [3.63, 3.8) is 0 Å². The summed E-state index contributed by atoms with van der Waals surface area (Å²) in [7, 11) is 4.13. The first kappa shape index (κ1) is 16.5. The highest BCUT2D eigenvalue weighted by Crippen LogP contribution is 2.19. The van der Waals surface area contributed by atoms with Gasteiger partial charge in [-0.1, -0.05) is 29.8 Å². The van der Waals surface area contributed by atoms with Gasteiger partial charge in [0, 0.05) is 5.54 Å². The molecular weight excluding hydrogens is 248 g/mol. The van der Waals surface area contributed by atoms with Crippen molar-refractivity contribution in [1.82, 2.24) is 10.2 Å². The first-order valence-electron chi connectivity index (χ1n) is 7.00. The van der Waals surface area contributed by atoms with Crippen molar-refractivity contribution >= 4 is 5.96 Å². The van der Waals surface area contributed by atoms with E-state index < -0.39 is 0 Å². The van der Waals surface area contributed by atoms with E-state index in [1.807, 2.05) is 0 Å². The number of aliphatic imine (C=N–C) groups is 1. The Labute approximate surface area is 123 Å². The molecule has 4 heteroatoms. The summed E-state index contributed by atoms with van der Waals surface area (Å²) in [6.07, 6.45) is 0. The summed E-state index contributed by atoms with van der Waals surface area (Å²) in [6, 6.07) is 8.81. The molecule has 1 rings (SSSR count). The highest BCUT2D eigenvalue weighted by Gasteiger charge is 2.15. The number of aryl methyl sites for hydroxylation is 1. The highest BCUT2D eigenvalue weighted by molar-refractivity contribution is 5.78. The van der Waals surface area contributed by atoms with Crippen LogP contribution >= 0.6 is 0 Å². The number of rotatable bonds is 4. The van der Waals surface area contributed by atoms with Gasteiger partial charge in [-0.05, 0) is 47.4 Å². The van der Waals surface area contributed by atoms with Gasteiger partial charge in [-0.2, -0.15) is 0 Å². The SMILES string of the molecule is Cc1ccc(C(CN=C(N)NC(C)(C)C)N(C)C)cc1. The van der Waals surface area contributed by atoms with Gasteiger partial charge in [0.15, 0.2) is 5.96 Å². The Hall–Kier alpha value is -1.55. The lowest BCUT2D eigenvalue weighted by Gasteiger charge is -2.25. The van der Waals surface area contributed by atoms with E-state index in [-0.39, 0.29) is 11.6 Å². The van der Waals surface area contributed by atoms with E-state index in [4.69, 9.17) is 5.73 Å². The van der Waals surface area contributed by atoms with Crippen LogP contribution in [0.5, 0.6) is 0 Å². The van der Waals surface area contributed by atoms with Gasteiger partial charge in [-0.25, -0.2) is 0 Å². The molecule has 0 amide bonds. The molecule has 0 aliphatic carbocycles. The fourth-order valence-corrected chi connectivity index (χ4v) is 1.96. The molecule has 4 nitrogen and oxygen atoms in total. The molecule has 0 fully saturated rings. The van der Waals surface area contributed by atoms with Crippen LogP contribution in [0, 0.1) is 6.92 Å². The van der Waals surface area contributed by atoms with Gasteiger partial charge >= 0.3 is 0 Å². The quantitative estimate of drug-likeness (QED) is 0.655. The van der Waals surface area contributed by atoms with Gasteiger partial charge in [0.05, 0.1) is 12.6 Å². The summed E-state index contributed by atoms with van der Waals surface area (Å²) in [5.41, 5.74) is 8.39. The second-order valence-corrected chi connectivity index (χ2v) is 6.49. The minimum atomic E-state index is -0.0644. The molecule has 0 aliphatic heterocycles. The van der Waals surface area contributed by atoms with Crippen molar-refractivity contribution in [2.75, 3.05) is 20.6 Å². The molecule has 0 saturated heterocycles. The standard InChI is InChI=1S/C16H28N4/c1-12-7-9-13(10-8-12)14(20(5)6)11-18-15(17)19-16(2,3)4/h7-10,14H,11H2,1-6H3,(H3,17,18,19). The second kappa shape index (κ2) is 6.75. The van der Waals surface area contributed by atoms with Gasteiger partial charge in [0.25, 0.3) is 0 Å². The van der Waals surface area contributed by atoms with Crippen LogP contribution in [0.2, 0.25) is 0 Å². The predicted molar refractivity (Wildman–Crippen MR) is 87.0 cm³/mol. The number of nitrogens with two attached hydrogens (primary N) is 1. The number of hydrogen-bond donors (Lipinski definition) is 2. The van der Waals surface area contributed by atoms with Crippen LogP contribution in [-0.4, -0.2) is 37.0 Å². The van der Waals surface area contributed by atoms with Gasteiger partial charge < -0.3 is 16.0 Å². The monoisotopic (exact) mass is 276 g/mol. The number of likely N-dealkylation sites (N-methyl/N-ethyl adjacent to an activating group) is 1. The fraction of sp³-hybridized carbons (Fsp3) is 0.562. The third-order valence-corrected chi connectivity index (χ3v) is 3.02. The topological polar surface area (TPSA) is 53.6 Å². The Morgan fingerprint density at radius 1 is 1.25 bits per heavy atom. The van der Waals surface area contributed by atoms with E-state index in [2.05, 4.69) is 81.3 Å². The van der Waals surface area contributed by atoms with E-state index in [0.29, 0.717) is 12.5 Å². The Kier molecular flexibility index (Phi) is 5.57. The lowest BCUT2D eigenvalue weighted by atomic mass is 10.0. The molecular formula is C16H28N4. The van der Waals surface area contributed by atoms with Gasteiger partial charge in [0.2, 0.25) is 0 Å². The first-order valence-corrected chi connectivity index (χ1v) is 7.00. The smallest absolute Gasteiger partial charge is 0.189 e. The molecule has 112 valence electrons. The highest BCUT2D eigenvalue weighted by atomic mass is 15.2. The maximum Gasteiger partial charge on any atom is 0.189 e. The Morgan fingerprint density at radius 3 is 2.25 bits per heavy atom. The number of benzene rings is 1. The van der Waals surface area contributed by atoms with E-state index in [1.165, 1.54) is 11.1 Å². The van der Waals surface area contributed by atoms with Crippen molar-refractivity contribution < 1.29 is 0 Å². The van der Waals surface area contributed by atoms with Crippen LogP contribution in [0.15, 0.2) is 29.3 Å². The molecule has 3 N–H and O–H groups in total. The molecule has 0 aromatic heterocycles. The van der Waals surface area contributed by atoms with Crippen molar-refractivity contribution in [3.8, 4) is 0 Å². The van der Waals surface area contributed by atoms with Crippen LogP contribution < -0.4 is 11.1 Å². The lowest BCUT2D eigenvalue weighted by Crippen LogP contribution is -2.45. The van der Waals surface area contributed by atoms with Crippen LogP contribution in [-0.2, 0) is 0 Å². The Bertz CT molecular complexity index is 441. The van der Waals surface area contributed by atoms with Crippen LogP contribution in [0.1, 0.15) is 37.9 Å². The molecule has 0 bridgehead atoms. The molecule has 0 spiro atoms. The molecule has 0 heterocycles. The van der Waals surface area contributed by atoms with E-state index >= 15 is 0 Å². The van der Waals surface area contributed by atoms with Crippen molar-refractivity contribution in [2.24, 2.45) is 10.7 Å². The number of guanidine groups is 1. The molecule has 1 atom stereocenters. The van der Waals surface area contributed by atoms with Crippen molar-refractivity contribution in [2.45, 2.75) is 39.3 Å². The van der Waals surface area contributed by atoms with E-state index in [9.17, 15) is 0 Å². The summed E-state index contributed by atoms with van der Waals surface area (Å²) in [4.78, 5) is 6.64. The fourth-order valence-electron chi connectivity index (χ4n) is 1.96. The summed E-state index contributed by atoms with van der Waals surface area (Å²) in [6.45, 7) is 8.94. The number of hydrogen-bond acceptors (Lipinski definition) is 2.